The first kappa shape index (κ1) is 12.3. The number of aromatic nitrogens is 1. The fraction of sp³-hybridized carbons (Fsp3) is 0.300. The van der Waals surface area contributed by atoms with E-state index in [1.165, 1.54) is 13.1 Å². The molecule has 2 N–H and O–H groups in total. The van der Waals surface area contributed by atoms with Crippen molar-refractivity contribution in [3.8, 4) is 6.07 Å². The van der Waals surface area contributed by atoms with Gasteiger partial charge < -0.3 is 10.4 Å². The second-order valence-corrected chi connectivity index (χ2v) is 3.68. The fourth-order valence-corrected chi connectivity index (χ4v) is 1.24. The molecule has 0 aliphatic rings. The van der Waals surface area contributed by atoms with Gasteiger partial charge in [0.15, 0.2) is 0 Å². The predicted octanol–water partition coefficient (Wildman–Crippen LogP) is 1.80. The zero-order valence-corrected chi connectivity index (χ0v) is 9.54. The minimum absolute atomic E-state index is 0.235. The van der Waals surface area contributed by atoms with Gasteiger partial charge in [0.2, 0.25) is 0 Å². The molecule has 0 unspecified atom stereocenters. The molecule has 1 heterocycles. The summed E-state index contributed by atoms with van der Waals surface area (Å²) in [7, 11) is 0. The molecule has 0 aliphatic carbocycles. The maximum atomic E-state index is 10.7. The van der Waals surface area contributed by atoms with Crippen molar-refractivity contribution < 1.29 is 9.90 Å². The van der Waals surface area contributed by atoms with Gasteiger partial charge in [0.25, 0.3) is 0 Å². The van der Waals surface area contributed by atoms with Gasteiger partial charge in [0.1, 0.15) is 17.9 Å². The number of hydrogen-bond acceptors (Lipinski definition) is 4. The number of nitrogens with one attached hydrogen (secondary N) is 1. The van der Waals surface area contributed by atoms with E-state index in [1.54, 1.807) is 6.92 Å². The maximum Gasteiger partial charge on any atom is 0.325 e. The van der Waals surface area contributed by atoms with E-state index in [0.717, 1.165) is 0 Å². The molecular weight excluding hydrogens is 230 g/mol. The number of rotatable bonds is 3. The number of nitriles is 1. The summed E-state index contributed by atoms with van der Waals surface area (Å²) in [6.45, 7) is 3.15. The predicted molar refractivity (Wildman–Crippen MR) is 59.4 cm³/mol. The summed E-state index contributed by atoms with van der Waals surface area (Å²) in [5, 5.41) is 20.7. The summed E-state index contributed by atoms with van der Waals surface area (Å²) in [5.41, 5.74) is 0.847. The molecular formula is C10H10ClN3O2. The Labute approximate surface area is 97.7 Å². The van der Waals surface area contributed by atoms with Gasteiger partial charge in [-0.3, -0.25) is 4.79 Å². The topological polar surface area (TPSA) is 86.0 Å². The Balaban J connectivity index is 3.11. The molecule has 1 rings (SSSR count). The number of halogens is 1. The van der Waals surface area contributed by atoms with Crippen molar-refractivity contribution in [3.63, 3.8) is 0 Å². The van der Waals surface area contributed by atoms with Crippen LogP contribution in [-0.2, 0) is 4.79 Å². The summed E-state index contributed by atoms with van der Waals surface area (Å²) >= 11 is 5.81. The highest BCUT2D eigenvalue weighted by Crippen LogP contribution is 2.23. The lowest BCUT2D eigenvalue weighted by Gasteiger charge is -2.12. The molecule has 0 saturated heterocycles. The SMILES string of the molecule is Cc1c(Cl)cnc(N[C@@H](C)C(=O)O)c1C#N. The molecule has 1 atom stereocenters. The van der Waals surface area contributed by atoms with E-state index < -0.39 is 12.0 Å². The molecule has 0 radical (unpaired) electrons. The Morgan fingerprint density at radius 1 is 1.75 bits per heavy atom. The highest BCUT2D eigenvalue weighted by molar-refractivity contribution is 6.31. The highest BCUT2D eigenvalue weighted by Gasteiger charge is 2.15. The monoisotopic (exact) mass is 239 g/mol. The van der Waals surface area contributed by atoms with Crippen LogP contribution in [0, 0.1) is 18.3 Å². The van der Waals surface area contributed by atoms with Crippen LogP contribution >= 0.6 is 11.6 Å². The summed E-state index contributed by atoms with van der Waals surface area (Å²) < 4.78 is 0. The second kappa shape index (κ2) is 4.81. The van der Waals surface area contributed by atoms with Crippen molar-refractivity contribution in [2.24, 2.45) is 0 Å². The van der Waals surface area contributed by atoms with Crippen LogP contribution in [0.1, 0.15) is 18.1 Å². The van der Waals surface area contributed by atoms with E-state index in [4.69, 9.17) is 22.0 Å². The molecule has 0 amide bonds. The Morgan fingerprint density at radius 3 is 2.88 bits per heavy atom. The summed E-state index contributed by atoms with van der Waals surface area (Å²) in [4.78, 5) is 14.6. The molecule has 0 bridgehead atoms. The summed E-state index contributed by atoms with van der Waals surface area (Å²) in [5.74, 6) is -0.780. The number of pyridine rings is 1. The minimum Gasteiger partial charge on any atom is -0.480 e. The molecule has 6 heteroatoms. The molecule has 5 nitrogen and oxygen atoms in total. The molecule has 0 aromatic carbocycles. The van der Waals surface area contributed by atoms with Gasteiger partial charge in [-0.2, -0.15) is 5.26 Å². The van der Waals surface area contributed by atoms with Crippen molar-refractivity contribution in [2.45, 2.75) is 19.9 Å². The number of aliphatic carboxylic acids is 1. The van der Waals surface area contributed by atoms with Crippen LogP contribution in [0.5, 0.6) is 0 Å². The minimum atomic E-state index is -1.02. The smallest absolute Gasteiger partial charge is 0.325 e. The van der Waals surface area contributed by atoms with E-state index in [9.17, 15) is 4.79 Å². The van der Waals surface area contributed by atoms with E-state index in [2.05, 4.69) is 10.3 Å². The Bertz CT molecular complexity index is 468. The largest absolute Gasteiger partial charge is 0.480 e. The molecule has 0 fully saturated rings. The van der Waals surface area contributed by atoms with E-state index in [0.29, 0.717) is 10.6 Å². The molecule has 84 valence electrons. The zero-order valence-electron chi connectivity index (χ0n) is 8.78. The van der Waals surface area contributed by atoms with Crippen molar-refractivity contribution >= 4 is 23.4 Å². The lowest BCUT2D eigenvalue weighted by molar-refractivity contribution is -0.137. The quantitative estimate of drug-likeness (QED) is 0.840. The molecule has 1 aromatic heterocycles. The third-order valence-corrected chi connectivity index (χ3v) is 2.49. The number of carbonyl (C=O) groups is 1. The third-order valence-electron chi connectivity index (χ3n) is 2.11. The highest BCUT2D eigenvalue weighted by atomic mass is 35.5. The van der Waals surface area contributed by atoms with Crippen LogP contribution in [0.4, 0.5) is 5.82 Å². The average molecular weight is 240 g/mol. The van der Waals surface area contributed by atoms with Gasteiger partial charge in [-0.15, -0.1) is 0 Å². The van der Waals surface area contributed by atoms with Crippen LogP contribution in [0.2, 0.25) is 5.02 Å². The first-order valence-corrected chi connectivity index (χ1v) is 4.89. The van der Waals surface area contributed by atoms with Crippen LogP contribution in [0.15, 0.2) is 6.20 Å². The molecule has 0 spiro atoms. The number of nitrogens with zero attached hydrogens (tertiary/aromatic N) is 2. The molecule has 0 saturated carbocycles. The van der Waals surface area contributed by atoms with E-state index >= 15 is 0 Å². The molecule has 1 aromatic rings. The standard InChI is InChI=1S/C10H10ClN3O2/c1-5-7(3-12)9(13-4-8(5)11)14-6(2)10(15)16/h4,6H,1-2H3,(H,13,14)(H,15,16)/t6-/m0/s1. The van der Waals surface area contributed by atoms with Crippen molar-refractivity contribution in [1.82, 2.24) is 4.98 Å². The number of anilines is 1. The third kappa shape index (κ3) is 2.41. The number of hydrogen-bond donors (Lipinski definition) is 2. The van der Waals surface area contributed by atoms with Gasteiger partial charge >= 0.3 is 5.97 Å². The van der Waals surface area contributed by atoms with Crippen LogP contribution < -0.4 is 5.32 Å². The Morgan fingerprint density at radius 2 is 2.38 bits per heavy atom. The summed E-state index contributed by atoms with van der Waals surface area (Å²) in [6, 6.07) is 1.13. The average Bonchev–Trinajstić information content (AvgIpc) is 2.23. The van der Waals surface area contributed by atoms with Crippen LogP contribution in [-0.4, -0.2) is 22.1 Å². The fourth-order valence-electron chi connectivity index (χ4n) is 1.09. The van der Waals surface area contributed by atoms with E-state index in [-0.39, 0.29) is 11.4 Å². The van der Waals surface area contributed by atoms with Gasteiger partial charge in [-0.1, -0.05) is 11.6 Å². The van der Waals surface area contributed by atoms with Crippen molar-refractivity contribution in [2.75, 3.05) is 5.32 Å². The van der Waals surface area contributed by atoms with Crippen molar-refractivity contribution in [3.05, 3.63) is 22.3 Å². The Hall–Kier alpha value is -1.80. The summed E-state index contributed by atoms with van der Waals surface area (Å²) in [6.07, 6.45) is 1.38. The molecule has 0 aliphatic heterocycles. The van der Waals surface area contributed by atoms with Crippen LogP contribution in [0.3, 0.4) is 0 Å². The van der Waals surface area contributed by atoms with Gasteiger partial charge in [-0.25, -0.2) is 4.98 Å². The first-order valence-electron chi connectivity index (χ1n) is 4.52. The normalized spacial score (nSPS) is 11.6. The lowest BCUT2D eigenvalue weighted by Crippen LogP contribution is -2.26. The molecule has 16 heavy (non-hydrogen) atoms. The zero-order chi connectivity index (χ0) is 12.3. The lowest BCUT2D eigenvalue weighted by atomic mass is 10.1. The van der Waals surface area contributed by atoms with Gasteiger partial charge in [0, 0.05) is 6.20 Å². The van der Waals surface area contributed by atoms with E-state index in [1.807, 2.05) is 6.07 Å². The number of carboxylic acid groups (broad SMARTS) is 1. The van der Waals surface area contributed by atoms with Gasteiger partial charge in [-0.05, 0) is 19.4 Å². The van der Waals surface area contributed by atoms with Crippen LogP contribution in [0.25, 0.3) is 0 Å². The maximum absolute atomic E-state index is 10.7. The second-order valence-electron chi connectivity index (χ2n) is 3.27. The number of carboxylic acids is 1. The Kier molecular flexibility index (Phi) is 3.69. The van der Waals surface area contributed by atoms with Crippen molar-refractivity contribution in [1.29, 1.82) is 5.26 Å². The van der Waals surface area contributed by atoms with Gasteiger partial charge in [0.05, 0.1) is 10.6 Å². The first-order chi connectivity index (χ1) is 7.47.